The molecule has 2 aromatic carbocycles. The molecular formula is C16H10ClN3O2. The van der Waals surface area contributed by atoms with Crippen molar-refractivity contribution in [3.63, 3.8) is 0 Å². The van der Waals surface area contributed by atoms with Gasteiger partial charge in [0.1, 0.15) is 11.1 Å². The maximum Gasteiger partial charge on any atom is 0.364 e. The molecule has 0 spiro atoms. The fourth-order valence-electron chi connectivity index (χ4n) is 2.49. The van der Waals surface area contributed by atoms with Crippen LogP contribution in [0.15, 0.2) is 57.7 Å². The summed E-state index contributed by atoms with van der Waals surface area (Å²) in [6.45, 7) is 0.453. The van der Waals surface area contributed by atoms with Crippen LogP contribution < -0.4 is 5.63 Å². The summed E-state index contributed by atoms with van der Waals surface area (Å²) in [5.41, 5.74) is 1.88. The van der Waals surface area contributed by atoms with Crippen LogP contribution in [-0.4, -0.2) is 15.0 Å². The van der Waals surface area contributed by atoms with Crippen LogP contribution in [0, 0.1) is 0 Å². The topological polar surface area (TPSA) is 60.9 Å². The zero-order valence-electron chi connectivity index (χ0n) is 11.4. The van der Waals surface area contributed by atoms with Crippen molar-refractivity contribution in [3.05, 3.63) is 69.5 Å². The standard InChI is InChI=1S/C16H10ClN3O2/c17-11-6-7-13-12(8-11)14-15(16(21)22-13)20(19-18-14)9-10-4-2-1-3-5-10/h1-8H,9H2. The first-order valence-corrected chi connectivity index (χ1v) is 7.10. The lowest BCUT2D eigenvalue weighted by atomic mass is 10.2. The van der Waals surface area contributed by atoms with E-state index in [1.54, 1.807) is 22.9 Å². The Kier molecular flexibility index (Phi) is 2.94. The molecule has 0 fully saturated rings. The van der Waals surface area contributed by atoms with E-state index in [0.717, 1.165) is 5.56 Å². The van der Waals surface area contributed by atoms with Gasteiger partial charge in [0.25, 0.3) is 0 Å². The Morgan fingerprint density at radius 3 is 2.77 bits per heavy atom. The van der Waals surface area contributed by atoms with Gasteiger partial charge in [0.05, 0.1) is 6.54 Å². The minimum Gasteiger partial charge on any atom is -0.421 e. The lowest BCUT2D eigenvalue weighted by Gasteiger charge is -2.02. The second-order valence-electron chi connectivity index (χ2n) is 4.96. The number of rotatable bonds is 2. The first kappa shape index (κ1) is 13.0. The number of benzene rings is 2. The van der Waals surface area contributed by atoms with Crippen LogP contribution in [0.1, 0.15) is 5.56 Å². The molecule has 5 nitrogen and oxygen atoms in total. The number of hydrogen-bond acceptors (Lipinski definition) is 4. The quantitative estimate of drug-likeness (QED) is 0.533. The number of fused-ring (bicyclic) bond motifs is 3. The largest absolute Gasteiger partial charge is 0.421 e. The van der Waals surface area contributed by atoms with Crippen LogP contribution in [0.5, 0.6) is 0 Å². The summed E-state index contributed by atoms with van der Waals surface area (Å²) in [6, 6.07) is 14.8. The Balaban J connectivity index is 1.97. The van der Waals surface area contributed by atoms with Crippen LogP contribution in [0.4, 0.5) is 0 Å². The van der Waals surface area contributed by atoms with Gasteiger partial charge in [0, 0.05) is 10.4 Å². The lowest BCUT2D eigenvalue weighted by molar-refractivity contribution is 0.559. The Morgan fingerprint density at radius 2 is 1.95 bits per heavy atom. The zero-order valence-corrected chi connectivity index (χ0v) is 12.1. The Bertz CT molecular complexity index is 1040. The SMILES string of the molecule is O=c1oc2ccc(Cl)cc2c2nnn(Cc3ccccc3)c12. The fraction of sp³-hybridized carbons (Fsp3) is 0.0625. The van der Waals surface area contributed by atoms with Crippen LogP contribution in [0.3, 0.4) is 0 Å². The molecule has 0 saturated carbocycles. The van der Waals surface area contributed by atoms with Gasteiger partial charge in [-0.1, -0.05) is 47.1 Å². The van der Waals surface area contributed by atoms with Gasteiger partial charge in [-0.25, -0.2) is 9.48 Å². The average Bonchev–Trinajstić information content (AvgIpc) is 2.94. The van der Waals surface area contributed by atoms with E-state index in [1.165, 1.54) is 0 Å². The molecule has 108 valence electrons. The maximum atomic E-state index is 12.2. The summed E-state index contributed by atoms with van der Waals surface area (Å²) in [4.78, 5) is 12.2. The first-order chi connectivity index (χ1) is 10.7. The summed E-state index contributed by atoms with van der Waals surface area (Å²) in [5, 5.41) is 9.47. The van der Waals surface area contributed by atoms with Gasteiger partial charge >= 0.3 is 5.63 Å². The molecule has 0 aliphatic heterocycles. The number of hydrogen-bond donors (Lipinski definition) is 0. The normalized spacial score (nSPS) is 11.3. The van der Waals surface area contributed by atoms with Crippen molar-refractivity contribution in [2.24, 2.45) is 0 Å². The van der Waals surface area contributed by atoms with Crippen molar-refractivity contribution in [3.8, 4) is 0 Å². The van der Waals surface area contributed by atoms with Gasteiger partial charge in [-0.2, -0.15) is 0 Å². The molecule has 0 N–H and O–H groups in total. The summed E-state index contributed by atoms with van der Waals surface area (Å²) in [5.74, 6) is 0. The van der Waals surface area contributed by atoms with Gasteiger partial charge in [0.2, 0.25) is 0 Å². The molecule has 0 amide bonds. The second kappa shape index (κ2) is 4.96. The third-order valence-corrected chi connectivity index (χ3v) is 3.74. The summed E-state index contributed by atoms with van der Waals surface area (Å²) in [6.07, 6.45) is 0. The molecule has 22 heavy (non-hydrogen) atoms. The van der Waals surface area contributed by atoms with Gasteiger partial charge in [-0.05, 0) is 23.8 Å². The highest BCUT2D eigenvalue weighted by molar-refractivity contribution is 6.31. The minimum absolute atomic E-state index is 0.346. The van der Waals surface area contributed by atoms with Crippen molar-refractivity contribution >= 4 is 33.6 Å². The van der Waals surface area contributed by atoms with Crippen molar-refractivity contribution in [1.82, 2.24) is 15.0 Å². The van der Waals surface area contributed by atoms with E-state index in [4.69, 9.17) is 16.0 Å². The summed E-state index contributed by atoms with van der Waals surface area (Å²) in [7, 11) is 0. The third kappa shape index (κ3) is 2.07. The highest BCUT2D eigenvalue weighted by Crippen LogP contribution is 2.24. The molecule has 4 rings (SSSR count). The number of halogens is 1. The highest BCUT2D eigenvalue weighted by atomic mass is 35.5. The highest BCUT2D eigenvalue weighted by Gasteiger charge is 2.15. The van der Waals surface area contributed by atoms with Gasteiger partial charge in [-0.15, -0.1) is 5.10 Å². The Hall–Kier alpha value is -2.66. The second-order valence-corrected chi connectivity index (χ2v) is 5.40. The predicted octanol–water partition coefficient (Wildman–Crippen LogP) is 3.24. The van der Waals surface area contributed by atoms with E-state index in [0.29, 0.717) is 33.6 Å². The third-order valence-electron chi connectivity index (χ3n) is 3.50. The molecule has 0 aliphatic carbocycles. The molecule has 0 bridgehead atoms. The molecule has 0 aliphatic rings. The van der Waals surface area contributed by atoms with Crippen LogP contribution in [0.2, 0.25) is 5.02 Å². The number of nitrogens with zero attached hydrogens (tertiary/aromatic N) is 3. The van der Waals surface area contributed by atoms with Crippen LogP contribution in [-0.2, 0) is 6.54 Å². The van der Waals surface area contributed by atoms with E-state index in [9.17, 15) is 4.79 Å². The Labute approximate surface area is 129 Å². The van der Waals surface area contributed by atoms with E-state index >= 15 is 0 Å². The van der Waals surface area contributed by atoms with Crippen LogP contribution in [0.25, 0.3) is 22.0 Å². The minimum atomic E-state index is -0.453. The molecular weight excluding hydrogens is 302 g/mol. The Morgan fingerprint density at radius 1 is 1.14 bits per heavy atom. The first-order valence-electron chi connectivity index (χ1n) is 6.72. The van der Waals surface area contributed by atoms with E-state index in [-0.39, 0.29) is 0 Å². The number of aromatic nitrogens is 3. The van der Waals surface area contributed by atoms with Crippen molar-refractivity contribution in [1.29, 1.82) is 0 Å². The molecule has 0 radical (unpaired) electrons. The molecule has 2 aromatic heterocycles. The van der Waals surface area contributed by atoms with E-state index in [1.807, 2.05) is 30.3 Å². The summed E-state index contributed by atoms with van der Waals surface area (Å²) >= 11 is 6.02. The monoisotopic (exact) mass is 311 g/mol. The van der Waals surface area contributed by atoms with Crippen molar-refractivity contribution in [2.45, 2.75) is 6.54 Å². The molecule has 0 atom stereocenters. The fourth-order valence-corrected chi connectivity index (χ4v) is 2.66. The molecule has 0 saturated heterocycles. The van der Waals surface area contributed by atoms with E-state index < -0.39 is 5.63 Å². The predicted molar refractivity (Wildman–Crippen MR) is 84.1 cm³/mol. The lowest BCUT2D eigenvalue weighted by Crippen LogP contribution is -2.09. The molecule has 0 unspecified atom stereocenters. The zero-order chi connectivity index (χ0) is 15.1. The maximum absolute atomic E-state index is 12.2. The summed E-state index contributed by atoms with van der Waals surface area (Å²) < 4.78 is 6.90. The molecule has 2 heterocycles. The van der Waals surface area contributed by atoms with Crippen molar-refractivity contribution in [2.75, 3.05) is 0 Å². The van der Waals surface area contributed by atoms with E-state index in [2.05, 4.69) is 10.3 Å². The van der Waals surface area contributed by atoms with Crippen LogP contribution >= 0.6 is 11.6 Å². The smallest absolute Gasteiger partial charge is 0.364 e. The van der Waals surface area contributed by atoms with Gasteiger partial charge in [-0.3, -0.25) is 0 Å². The molecule has 6 heteroatoms. The average molecular weight is 312 g/mol. The molecule has 4 aromatic rings. The van der Waals surface area contributed by atoms with Gasteiger partial charge < -0.3 is 4.42 Å². The van der Waals surface area contributed by atoms with Gasteiger partial charge in [0.15, 0.2) is 5.52 Å². The van der Waals surface area contributed by atoms with Crippen molar-refractivity contribution < 1.29 is 4.42 Å².